The molecular weight excluding hydrogens is 290 g/mol. The highest BCUT2D eigenvalue weighted by atomic mass is 32.1. The van der Waals surface area contributed by atoms with Crippen LogP contribution in [0.4, 0.5) is 0 Å². The summed E-state index contributed by atoms with van der Waals surface area (Å²) in [4.78, 5) is 24.4. The van der Waals surface area contributed by atoms with Crippen LogP contribution < -0.4 is 10.1 Å². The van der Waals surface area contributed by atoms with Gasteiger partial charge in [0.1, 0.15) is 5.75 Å². The van der Waals surface area contributed by atoms with E-state index in [4.69, 9.17) is 9.47 Å². The van der Waals surface area contributed by atoms with Crippen molar-refractivity contribution in [2.45, 2.75) is 6.54 Å². The maximum absolute atomic E-state index is 11.8. The van der Waals surface area contributed by atoms with Crippen molar-refractivity contribution in [1.82, 2.24) is 5.32 Å². The average Bonchev–Trinajstić information content (AvgIpc) is 3.04. The fourth-order valence-electron chi connectivity index (χ4n) is 1.61. The van der Waals surface area contributed by atoms with Crippen molar-refractivity contribution in [2.75, 3.05) is 13.7 Å². The van der Waals surface area contributed by atoms with Gasteiger partial charge in [-0.15, -0.1) is 11.3 Å². The second-order valence-corrected chi connectivity index (χ2v) is 5.20. The Hall–Kier alpha value is -2.34. The molecule has 0 aliphatic rings. The van der Waals surface area contributed by atoms with E-state index < -0.39 is 5.97 Å². The average molecular weight is 305 g/mol. The summed E-state index contributed by atoms with van der Waals surface area (Å²) < 4.78 is 9.98. The molecule has 0 saturated carbocycles. The van der Waals surface area contributed by atoms with Crippen LogP contribution in [-0.2, 0) is 16.1 Å². The van der Waals surface area contributed by atoms with Crippen molar-refractivity contribution < 1.29 is 19.1 Å². The van der Waals surface area contributed by atoms with Gasteiger partial charge in [-0.25, -0.2) is 4.79 Å². The molecule has 21 heavy (non-hydrogen) atoms. The maximum Gasteiger partial charge on any atom is 0.338 e. The molecule has 1 aromatic carbocycles. The summed E-state index contributed by atoms with van der Waals surface area (Å²) in [6.07, 6.45) is 0. The molecule has 1 heterocycles. The lowest BCUT2D eigenvalue weighted by Gasteiger charge is -2.06. The number of ether oxygens (including phenoxy) is 2. The highest BCUT2D eigenvalue weighted by Crippen LogP contribution is 2.13. The molecule has 0 aliphatic carbocycles. The predicted molar refractivity (Wildman–Crippen MR) is 79.4 cm³/mol. The predicted octanol–water partition coefficient (Wildman–Crippen LogP) is 2.23. The molecular formula is C15H15NO4S. The zero-order valence-electron chi connectivity index (χ0n) is 11.5. The van der Waals surface area contributed by atoms with Crippen LogP contribution in [0.25, 0.3) is 0 Å². The number of thiophene rings is 1. The highest BCUT2D eigenvalue weighted by Gasteiger charge is 2.10. The molecule has 1 aromatic heterocycles. The molecule has 0 saturated heterocycles. The van der Waals surface area contributed by atoms with Gasteiger partial charge in [-0.1, -0.05) is 12.1 Å². The molecule has 5 nitrogen and oxygen atoms in total. The van der Waals surface area contributed by atoms with Crippen LogP contribution in [0.3, 0.4) is 0 Å². The van der Waals surface area contributed by atoms with Crippen LogP contribution >= 0.6 is 11.3 Å². The fraction of sp³-hybridized carbons (Fsp3) is 0.200. The lowest BCUT2D eigenvalue weighted by Crippen LogP contribution is -2.28. The summed E-state index contributed by atoms with van der Waals surface area (Å²) in [5.41, 5.74) is 0.348. The first kappa shape index (κ1) is 15.1. The number of carbonyl (C=O) groups excluding carboxylic acids is 2. The van der Waals surface area contributed by atoms with E-state index in [0.717, 1.165) is 4.88 Å². The minimum atomic E-state index is -0.555. The van der Waals surface area contributed by atoms with E-state index in [9.17, 15) is 9.59 Å². The second-order valence-electron chi connectivity index (χ2n) is 4.16. The maximum atomic E-state index is 11.8. The number of benzene rings is 1. The number of hydrogen-bond acceptors (Lipinski definition) is 5. The second kappa shape index (κ2) is 7.44. The Labute approximate surface area is 126 Å². The Balaban J connectivity index is 1.78. The molecule has 1 amide bonds. The van der Waals surface area contributed by atoms with Crippen LogP contribution in [0.1, 0.15) is 15.2 Å². The summed E-state index contributed by atoms with van der Waals surface area (Å²) in [5.74, 6) is -0.327. The number of nitrogens with one attached hydrogen (secondary N) is 1. The van der Waals surface area contributed by atoms with Gasteiger partial charge in [-0.05, 0) is 29.6 Å². The molecule has 0 unspecified atom stereocenters. The van der Waals surface area contributed by atoms with Gasteiger partial charge in [0.2, 0.25) is 0 Å². The third-order valence-corrected chi connectivity index (χ3v) is 3.56. The molecule has 0 spiro atoms. The van der Waals surface area contributed by atoms with Gasteiger partial charge in [0, 0.05) is 4.88 Å². The lowest BCUT2D eigenvalue weighted by molar-refractivity contribution is -0.124. The smallest absolute Gasteiger partial charge is 0.338 e. The van der Waals surface area contributed by atoms with Gasteiger partial charge in [0.25, 0.3) is 5.91 Å². The van der Waals surface area contributed by atoms with Gasteiger partial charge in [-0.2, -0.15) is 0 Å². The topological polar surface area (TPSA) is 64.6 Å². The Morgan fingerprint density at radius 1 is 1.24 bits per heavy atom. The Morgan fingerprint density at radius 3 is 2.81 bits per heavy atom. The Kier molecular flexibility index (Phi) is 5.34. The van der Waals surface area contributed by atoms with Crippen LogP contribution in [0.5, 0.6) is 5.75 Å². The minimum Gasteiger partial charge on any atom is -0.497 e. The number of esters is 1. The number of methoxy groups -OCH3 is 1. The van der Waals surface area contributed by atoms with Gasteiger partial charge in [-0.3, -0.25) is 4.79 Å². The first-order valence-corrected chi connectivity index (χ1v) is 7.17. The van der Waals surface area contributed by atoms with Gasteiger partial charge >= 0.3 is 5.97 Å². The monoisotopic (exact) mass is 305 g/mol. The summed E-state index contributed by atoms with van der Waals surface area (Å²) >= 11 is 1.55. The van der Waals surface area contributed by atoms with E-state index in [2.05, 4.69) is 5.32 Å². The number of hydrogen-bond donors (Lipinski definition) is 1. The summed E-state index contributed by atoms with van der Waals surface area (Å²) in [7, 11) is 1.52. The lowest BCUT2D eigenvalue weighted by atomic mass is 10.2. The highest BCUT2D eigenvalue weighted by molar-refractivity contribution is 7.09. The largest absolute Gasteiger partial charge is 0.497 e. The molecule has 0 aliphatic heterocycles. The van der Waals surface area contributed by atoms with E-state index >= 15 is 0 Å². The van der Waals surface area contributed by atoms with Crippen LogP contribution in [-0.4, -0.2) is 25.6 Å². The van der Waals surface area contributed by atoms with Crippen molar-refractivity contribution >= 4 is 23.2 Å². The number of amides is 1. The summed E-state index contributed by atoms with van der Waals surface area (Å²) in [6.45, 7) is 0.134. The first-order valence-electron chi connectivity index (χ1n) is 6.29. The number of carbonyl (C=O) groups is 2. The van der Waals surface area contributed by atoms with Crippen molar-refractivity contribution in [1.29, 1.82) is 0 Å². The third kappa shape index (κ3) is 4.61. The summed E-state index contributed by atoms with van der Waals surface area (Å²) in [6, 6.07) is 10.4. The van der Waals surface area contributed by atoms with E-state index in [1.165, 1.54) is 7.11 Å². The van der Waals surface area contributed by atoms with Crippen LogP contribution in [0.15, 0.2) is 41.8 Å². The van der Waals surface area contributed by atoms with Gasteiger partial charge in [0.05, 0.1) is 19.2 Å². The van der Waals surface area contributed by atoms with Crippen LogP contribution in [0.2, 0.25) is 0 Å². The Bertz CT molecular complexity index is 610. The molecule has 0 radical (unpaired) electrons. The van der Waals surface area contributed by atoms with Gasteiger partial charge in [0.15, 0.2) is 6.61 Å². The fourth-order valence-corrected chi connectivity index (χ4v) is 2.26. The molecule has 0 atom stereocenters. The quantitative estimate of drug-likeness (QED) is 0.831. The molecule has 0 bridgehead atoms. The van der Waals surface area contributed by atoms with Crippen molar-refractivity contribution in [3.63, 3.8) is 0 Å². The molecule has 6 heteroatoms. The van der Waals surface area contributed by atoms with E-state index in [-0.39, 0.29) is 12.5 Å². The van der Waals surface area contributed by atoms with E-state index in [0.29, 0.717) is 17.9 Å². The van der Waals surface area contributed by atoms with Crippen molar-refractivity contribution in [3.8, 4) is 5.75 Å². The van der Waals surface area contributed by atoms with Crippen molar-refractivity contribution in [2.24, 2.45) is 0 Å². The molecule has 2 aromatic rings. The SMILES string of the molecule is COc1cccc(C(=O)OCC(=O)NCc2cccs2)c1. The first-order chi connectivity index (χ1) is 10.2. The zero-order valence-corrected chi connectivity index (χ0v) is 12.3. The summed E-state index contributed by atoms with van der Waals surface area (Å²) in [5, 5.41) is 4.62. The Morgan fingerprint density at radius 2 is 2.10 bits per heavy atom. The van der Waals surface area contributed by atoms with Crippen LogP contribution in [0, 0.1) is 0 Å². The van der Waals surface area contributed by atoms with Crippen molar-refractivity contribution in [3.05, 3.63) is 52.2 Å². The standard InChI is InChI=1S/C15H15NO4S/c1-19-12-5-2-4-11(8-12)15(18)20-10-14(17)16-9-13-6-3-7-21-13/h2-8H,9-10H2,1H3,(H,16,17). The minimum absolute atomic E-state index is 0.304. The molecule has 110 valence electrons. The zero-order chi connectivity index (χ0) is 15.1. The molecule has 0 fully saturated rings. The third-order valence-electron chi connectivity index (χ3n) is 2.68. The number of rotatable bonds is 6. The molecule has 1 N–H and O–H groups in total. The normalized spacial score (nSPS) is 9.95. The van der Waals surface area contributed by atoms with E-state index in [1.807, 2.05) is 17.5 Å². The van der Waals surface area contributed by atoms with Gasteiger partial charge < -0.3 is 14.8 Å². The molecule has 2 rings (SSSR count). The van der Waals surface area contributed by atoms with E-state index in [1.54, 1.807) is 35.6 Å².